The zero-order valence-electron chi connectivity index (χ0n) is 65.3. The fourth-order valence-electron chi connectivity index (χ4n) is 14.7. The number of aliphatic carboxylic acids is 1. The number of nitrogens with one attached hydrogen (secondary N) is 2. The molecule has 0 saturated carbocycles. The first-order chi connectivity index (χ1) is 50.9. The van der Waals surface area contributed by atoms with Gasteiger partial charge in [0.25, 0.3) is 5.79 Å². The van der Waals surface area contributed by atoms with Crippen LogP contribution >= 0.6 is 0 Å². The van der Waals surface area contributed by atoms with E-state index in [9.17, 15) is 75.7 Å². The first kappa shape index (κ1) is 96.4. The number of amides is 2. The van der Waals surface area contributed by atoms with E-state index >= 15 is 0 Å². The van der Waals surface area contributed by atoms with E-state index in [0.29, 0.717) is 12.8 Å². The normalized spacial score (nSPS) is 26.3. The van der Waals surface area contributed by atoms with Crippen molar-refractivity contribution >= 4 is 17.8 Å². The molecule has 3 aliphatic heterocycles. The molecule has 3 aliphatic rings. The number of aliphatic hydroxyl groups excluding tert-OH is 11. The number of carbonyl (C=O) groups is 3. The summed E-state index contributed by atoms with van der Waals surface area (Å²) in [6.45, 7) is 2.17. The molecule has 18 unspecified atom stereocenters. The van der Waals surface area contributed by atoms with Crippen LogP contribution in [-0.4, -0.2) is 215 Å². The molecule has 0 spiro atoms. The molecule has 616 valence electrons. The third-order valence-corrected chi connectivity index (χ3v) is 21.4. The average molecular weight is 1500 g/mol. The quantitative estimate of drug-likeness (QED) is 0.0199. The fraction of sp³-hybridized carbons (Fsp3) is 0.915. The van der Waals surface area contributed by atoms with E-state index in [2.05, 4.69) is 36.6 Å². The number of carboxylic acid groups (broad SMARTS) is 1. The predicted molar refractivity (Wildman–Crippen MR) is 408 cm³/mol. The molecule has 0 aliphatic carbocycles. The first-order valence-corrected chi connectivity index (χ1v) is 42.2. The summed E-state index contributed by atoms with van der Waals surface area (Å²) < 4.78 is 34.9. The molecule has 23 heteroatoms. The van der Waals surface area contributed by atoms with Crippen LogP contribution in [0.15, 0.2) is 24.3 Å². The van der Waals surface area contributed by atoms with Gasteiger partial charge in [-0.1, -0.05) is 301 Å². The smallest absolute Gasteiger partial charge is 0.364 e. The zero-order valence-corrected chi connectivity index (χ0v) is 65.3. The van der Waals surface area contributed by atoms with Crippen molar-refractivity contribution in [2.75, 3.05) is 26.4 Å². The summed E-state index contributed by atoms with van der Waals surface area (Å²) in [5.41, 5.74) is 0. The topological polar surface area (TPSA) is 373 Å². The van der Waals surface area contributed by atoms with Crippen molar-refractivity contribution in [3.05, 3.63) is 24.3 Å². The summed E-state index contributed by atoms with van der Waals surface area (Å²) in [5.74, 6) is -6.14. The summed E-state index contributed by atoms with van der Waals surface area (Å²) in [5, 5.41) is 136. The number of rotatable bonds is 67. The number of carbonyl (C=O) groups excluding carboxylic acids is 2. The standard InChI is InChI=1S/C82H152N2O21/c1-4-6-8-10-12-14-16-18-20-21-22-23-24-25-26-27-28-29-30-31-32-33-34-35-36-37-38-39-40-41-42-44-46-48-50-52-54-56-69(92)84-63(64(89)55-53-51-49-47-45-43-19-17-15-13-11-9-7-5-2)61-100-79-74(96)73(95)76(68(60-87)102-79)103-80-75(97)78(72(94)67(59-86)101-80)105-82(81(98)99)57-65(90)70(83-62(3)88)77(104-82)71(93)66(91)58-85/h29-30,53,55,63-68,70-80,85-87,89-91,93-97H,4-28,31-52,54,56-61H2,1-3H3,(H,83,88)(H,84,92)(H,98,99)/b30-29-,55-53+. The van der Waals surface area contributed by atoms with E-state index in [4.69, 9.17) is 28.4 Å². The van der Waals surface area contributed by atoms with Gasteiger partial charge in [-0.3, -0.25) is 9.59 Å². The van der Waals surface area contributed by atoms with E-state index in [1.165, 1.54) is 250 Å². The van der Waals surface area contributed by atoms with Crippen LogP contribution in [-0.2, 0) is 42.8 Å². The third kappa shape index (κ3) is 40.8. The highest BCUT2D eigenvalue weighted by Gasteiger charge is 2.60. The van der Waals surface area contributed by atoms with Crippen molar-refractivity contribution in [2.45, 2.75) is 452 Å². The second-order valence-electron chi connectivity index (χ2n) is 30.7. The summed E-state index contributed by atoms with van der Waals surface area (Å²) in [7, 11) is 0. The average Bonchev–Trinajstić information content (AvgIpc) is 0.755. The lowest BCUT2D eigenvalue weighted by molar-refractivity contribution is -0.386. The second-order valence-corrected chi connectivity index (χ2v) is 30.7. The SMILES string of the molecule is CCCCCCCCCCCCCC/C=C/C(O)C(COC1OC(CO)C(OC2OC(CO)C(O)C(OC3(C(=O)O)CC(O)C(NC(C)=O)C(C(O)C(O)CO)O3)C2O)C(O)C1O)NC(=O)CCCCCCCCCCCCCCCCCCC/C=C\CCCCCCCCCCCCCCCCCC. The van der Waals surface area contributed by atoms with Gasteiger partial charge < -0.3 is 100 Å². The lowest BCUT2D eigenvalue weighted by Gasteiger charge is -2.50. The van der Waals surface area contributed by atoms with Crippen LogP contribution in [0.1, 0.15) is 342 Å². The fourth-order valence-corrected chi connectivity index (χ4v) is 14.7. The minimum Gasteiger partial charge on any atom is -0.477 e. The maximum Gasteiger partial charge on any atom is 0.364 e. The molecule has 2 amide bonds. The summed E-state index contributed by atoms with van der Waals surface area (Å²) in [4.78, 5) is 38.7. The van der Waals surface area contributed by atoms with Crippen LogP contribution in [0.2, 0.25) is 0 Å². The van der Waals surface area contributed by atoms with Gasteiger partial charge in [0.2, 0.25) is 11.8 Å². The lowest BCUT2D eigenvalue weighted by Crippen LogP contribution is -2.70. The molecule has 3 rings (SSSR count). The molecule has 18 atom stereocenters. The third-order valence-electron chi connectivity index (χ3n) is 21.4. The molecule has 0 bridgehead atoms. The van der Waals surface area contributed by atoms with E-state index < -0.39 is 155 Å². The number of aliphatic hydroxyl groups is 11. The molecule has 3 saturated heterocycles. The van der Waals surface area contributed by atoms with Crippen molar-refractivity contribution < 1.29 is 104 Å². The number of hydrogen-bond donors (Lipinski definition) is 14. The molecule has 0 radical (unpaired) electrons. The Bertz CT molecular complexity index is 2180. The number of allylic oxidation sites excluding steroid dienone is 3. The van der Waals surface area contributed by atoms with Gasteiger partial charge in [0.1, 0.15) is 67.1 Å². The van der Waals surface area contributed by atoms with Gasteiger partial charge in [-0.2, -0.15) is 0 Å². The Hall–Kier alpha value is -2.79. The highest BCUT2D eigenvalue weighted by atomic mass is 16.8. The van der Waals surface area contributed by atoms with Crippen molar-refractivity contribution in [3.63, 3.8) is 0 Å². The monoisotopic (exact) mass is 1500 g/mol. The lowest BCUT2D eigenvalue weighted by atomic mass is 9.88. The Morgan fingerprint density at radius 2 is 0.895 bits per heavy atom. The van der Waals surface area contributed by atoms with Gasteiger partial charge in [-0.05, 0) is 44.9 Å². The second kappa shape index (κ2) is 60.9. The molecular weight excluding hydrogens is 1350 g/mol. The van der Waals surface area contributed by atoms with Crippen LogP contribution in [0.4, 0.5) is 0 Å². The van der Waals surface area contributed by atoms with Crippen LogP contribution in [0.5, 0.6) is 0 Å². The largest absolute Gasteiger partial charge is 0.477 e. The minimum atomic E-state index is -3.08. The molecule has 0 aromatic carbocycles. The first-order valence-electron chi connectivity index (χ1n) is 42.2. The maximum atomic E-state index is 13.5. The highest BCUT2D eigenvalue weighted by molar-refractivity contribution is 5.77. The Labute approximate surface area is 632 Å². The molecular formula is C82H152N2O21. The number of carboxylic acids is 1. The molecule has 0 aromatic heterocycles. The molecule has 0 aromatic rings. The summed E-state index contributed by atoms with van der Waals surface area (Å²) >= 11 is 0. The number of hydrogen-bond acceptors (Lipinski definition) is 20. The Morgan fingerprint density at radius 1 is 0.495 bits per heavy atom. The predicted octanol–water partition coefficient (Wildman–Crippen LogP) is 11.9. The van der Waals surface area contributed by atoms with Gasteiger partial charge in [0.05, 0.1) is 50.7 Å². The molecule has 3 heterocycles. The van der Waals surface area contributed by atoms with Crippen molar-refractivity contribution in [1.82, 2.24) is 10.6 Å². The van der Waals surface area contributed by atoms with E-state index in [1.54, 1.807) is 6.08 Å². The van der Waals surface area contributed by atoms with Crippen LogP contribution in [0.25, 0.3) is 0 Å². The molecule has 105 heavy (non-hydrogen) atoms. The van der Waals surface area contributed by atoms with Gasteiger partial charge in [0, 0.05) is 19.8 Å². The van der Waals surface area contributed by atoms with E-state index in [1.807, 2.05) is 6.08 Å². The summed E-state index contributed by atoms with van der Waals surface area (Å²) in [6, 6.07) is -2.62. The van der Waals surface area contributed by atoms with Crippen molar-refractivity contribution in [2.24, 2.45) is 0 Å². The number of ether oxygens (including phenoxy) is 6. The summed E-state index contributed by atoms with van der Waals surface area (Å²) in [6.07, 6.45) is 39.7. The van der Waals surface area contributed by atoms with Gasteiger partial charge in [-0.25, -0.2) is 4.79 Å². The number of unbranched alkanes of at least 4 members (excludes halogenated alkanes) is 45. The van der Waals surface area contributed by atoms with Gasteiger partial charge in [0.15, 0.2) is 12.6 Å². The Kier molecular flexibility index (Phi) is 55.9. The van der Waals surface area contributed by atoms with Crippen LogP contribution in [0.3, 0.4) is 0 Å². The van der Waals surface area contributed by atoms with E-state index in [-0.39, 0.29) is 12.3 Å². The van der Waals surface area contributed by atoms with Crippen molar-refractivity contribution in [1.29, 1.82) is 0 Å². The molecule has 14 N–H and O–H groups in total. The Morgan fingerprint density at radius 3 is 1.30 bits per heavy atom. The van der Waals surface area contributed by atoms with Crippen molar-refractivity contribution in [3.8, 4) is 0 Å². The minimum absolute atomic E-state index is 0.203. The maximum absolute atomic E-state index is 13.5. The van der Waals surface area contributed by atoms with Gasteiger partial charge >= 0.3 is 5.97 Å². The van der Waals surface area contributed by atoms with E-state index in [0.717, 1.165) is 51.9 Å². The zero-order chi connectivity index (χ0) is 76.7. The molecule has 3 fully saturated rings. The molecule has 23 nitrogen and oxygen atoms in total. The van der Waals surface area contributed by atoms with Crippen LogP contribution in [0, 0.1) is 0 Å². The van der Waals surface area contributed by atoms with Gasteiger partial charge in [-0.15, -0.1) is 0 Å². The Balaban J connectivity index is 1.41. The van der Waals surface area contributed by atoms with Crippen LogP contribution < -0.4 is 10.6 Å². The highest BCUT2D eigenvalue weighted by Crippen LogP contribution is 2.39.